The first-order chi connectivity index (χ1) is 12.9. The second kappa shape index (κ2) is 7.10. The second-order valence-corrected chi connectivity index (χ2v) is 9.07. The van der Waals surface area contributed by atoms with Gasteiger partial charge in [-0.2, -0.15) is 0 Å². The van der Waals surface area contributed by atoms with Gasteiger partial charge in [0.05, 0.1) is 17.7 Å². The molecule has 7 nitrogen and oxygen atoms in total. The van der Waals surface area contributed by atoms with E-state index in [1.54, 1.807) is 24.3 Å². The molecule has 144 valence electrons. The highest BCUT2D eigenvalue weighted by Gasteiger charge is 2.42. The van der Waals surface area contributed by atoms with E-state index in [9.17, 15) is 13.2 Å². The quantitative estimate of drug-likeness (QED) is 0.807. The summed E-state index contributed by atoms with van der Waals surface area (Å²) in [5, 5.41) is 0. The molecule has 3 N–H and O–H groups in total. The van der Waals surface area contributed by atoms with Crippen LogP contribution in [-0.2, 0) is 16.6 Å². The van der Waals surface area contributed by atoms with Crippen LogP contribution in [0.3, 0.4) is 0 Å². The molecule has 3 atom stereocenters. The molecule has 1 saturated carbocycles. The Morgan fingerprint density at radius 2 is 1.96 bits per heavy atom. The maximum Gasteiger partial charge on any atom is 0.253 e. The second-order valence-electron chi connectivity index (χ2n) is 7.30. The van der Waals surface area contributed by atoms with E-state index in [1.165, 1.54) is 18.4 Å². The summed E-state index contributed by atoms with van der Waals surface area (Å²) in [7, 11) is -3.67. The number of nitrogens with one attached hydrogen (secondary N) is 1. The summed E-state index contributed by atoms with van der Waals surface area (Å²) in [5.41, 5.74) is 6.63. The van der Waals surface area contributed by atoms with Crippen LogP contribution in [-0.4, -0.2) is 38.4 Å². The number of nitrogens with zero attached hydrogens (tertiary/aromatic N) is 1. The minimum absolute atomic E-state index is 0.0657. The van der Waals surface area contributed by atoms with E-state index in [0.717, 1.165) is 19.4 Å². The van der Waals surface area contributed by atoms with Gasteiger partial charge in [0.1, 0.15) is 5.76 Å². The Morgan fingerprint density at radius 1 is 1.19 bits per heavy atom. The number of carbonyl (C=O) groups is 1. The van der Waals surface area contributed by atoms with E-state index in [0.29, 0.717) is 29.7 Å². The van der Waals surface area contributed by atoms with E-state index >= 15 is 0 Å². The first-order valence-corrected chi connectivity index (χ1v) is 10.6. The number of amides is 1. The predicted molar refractivity (Wildman–Crippen MR) is 99.3 cm³/mol. The molecule has 1 saturated heterocycles. The molecule has 4 rings (SSSR count). The zero-order chi connectivity index (χ0) is 19.0. The Bertz CT molecular complexity index is 909. The minimum Gasteiger partial charge on any atom is -0.468 e. The fourth-order valence-corrected chi connectivity index (χ4v) is 5.09. The predicted octanol–water partition coefficient (Wildman–Crippen LogP) is 1.57. The van der Waals surface area contributed by atoms with Gasteiger partial charge in [0.25, 0.3) is 5.91 Å². The molecule has 1 aliphatic heterocycles. The van der Waals surface area contributed by atoms with Crippen molar-refractivity contribution >= 4 is 15.9 Å². The van der Waals surface area contributed by atoms with Crippen molar-refractivity contribution in [3.8, 4) is 0 Å². The van der Waals surface area contributed by atoms with E-state index in [1.807, 2.05) is 4.90 Å². The van der Waals surface area contributed by atoms with Crippen LogP contribution in [0, 0.1) is 11.8 Å². The van der Waals surface area contributed by atoms with Gasteiger partial charge < -0.3 is 15.1 Å². The molecule has 2 aromatic rings. The van der Waals surface area contributed by atoms with Crippen molar-refractivity contribution in [2.24, 2.45) is 17.6 Å². The van der Waals surface area contributed by atoms with Gasteiger partial charge in [-0.05, 0) is 61.1 Å². The van der Waals surface area contributed by atoms with Crippen LogP contribution in [0.4, 0.5) is 0 Å². The van der Waals surface area contributed by atoms with Crippen molar-refractivity contribution in [2.45, 2.75) is 30.3 Å². The molecule has 0 spiro atoms. The van der Waals surface area contributed by atoms with Crippen LogP contribution in [0.5, 0.6) is 0 Å². The maximum atomic E-state index is 12.7. The summed E-state index contributed by atoms with van der Waals surface area (Å²) in [6.45, 7) is 1.50. The van der Waals surface area contributed by atoms with E-state index in [-0.39, 0.29) is 23.4 Å². The molecular weight excluding hydrogens is 366 g/mol. The van der Waals surface area contributed by atoms with Crippen molar-refractivity contribution in [1.29, 1.82) is 0 Å². The van der Waals surface area contributed by atoms with Crippen LogP contribution in [0.25, 0.3) is 0 Å². The molecule has 2 aliphatic rings. The summed E-state index contributed by atoms with van der Waals surface area (Å²) in [6.07, 6.45) is 3.60. The van der Waals surface area contributed by atoms with Crippen molar-refractivity contribution in [3.63, 3.8) is 0 Å². The Kier molecular flexibility index (Phi) is 4.79. The molecule has 8 heteroatoms. The smallest absolute Gasteiger partial charge is 0.253 e. The third-order valence-corrected chi connectivity index (χ3v) is 7.04. The highest BCUT2D eigenvalue weighted by atomic mass is 32.2. The summed E-state index contributed by atoms with van der Waals surface area (Å²) >= 11 is 0. The summed E-state index contributed by atoms with van der Waals surface area (Å²) in [6, 6.07) is 9.63. The van der Waals surface area contributed by atoms with E-state index < -0.39 is 10.0 Å². The molecule has 1 amide bonds. The van der Waals surface area contributed by atoms with E-state index in [2.05, 4.69) is 4.72 Å². The van der Waals surface area contributed by atoms with Crippen LogP contribution in [0.1, 0.15) is 29.0 Å². The normalized spacial score (nSPS) is 24.9. The highest BCUT2D eigenvalue weighted by molar-refractivity contribution is 7.89. The average molecular weight is 389 g/mol. The van der Waals surface area contributed by atoms with Gasteiger partial charge in [0.2, 0.25) is 10.0 Å². The Labute approximate surface area is 158 Å². The monoisotopic (exact) mass is 389 g/mol. The average Bonchev–Trinajstić information content (AvgIpc) is 3.39. The fraction of sp³-hybridized carbons (Fsp3) is 0.421. The van der Waals surface area contributed by atoms with Gasteiger partial charge in [-0.3, -0.25) is 4.79 Å². The van der Waals surface area contributed by atoms with Gasteiger partial charge in [-0.15, -0.1) is 0 Å². The summed E-state index contributed by atoms with van der Waals surface area (Å²) < 4.78 is 32.4. The van der Waals surface area contributed by atoms with Crippen LogP contribution < -0.4 is 10.5 Å². The van der Waals surface area contributed by atoms with Gasteiger partial charge in [-0.1, -0.05) is 0 Å². The molecule has 2 fully saturated rings. The first-order valence-electron chi connectivity index (χ1n) is 9.11. The van der Waals surface area contributed by atoms with Crippen molar-refractivity contribution in [1.82, 2.24) is 9.62 Å². The SMILES string of the molecule is NC1CCC2CN(C(=O)c3ccc(S(=O)(=O)NCc4ccco4)cc3)CC12. The summed E-state index contributed by atoms with van der Waals surface area (Å²) in [4.78, 5) is 14.7. The molecular formula is C19H23N3O4S. The molecule has 2 heterocycles. The van der Waals surface area contributed by atoms with Crippen molar-refractivity contribution in [2.75, 3.05) is 13.1 Å². The molecule has 1 aromatic carbocycles. The number of hydrogen-bond donors (Lipinski definition) is 2. The van der Waals surface area contributed by atoms with Crippen LogP contribution in [0.2, 0.25) is 0 Å². The van der Waals surface area contributed by atoms with Gasteiger partial charge in [-0.25, -0.2) is 13.1 Å². The van der Waals surface area contributed by atoms with Gasteiger partial charge in [0, 0.05) is 24.7 Å². The maximum absolute atomic E-state index is 12.7. The van der Waals surface area contributed by atoms with E-state index in [4.69, 9.17) is 10.2 Å². The van der Waals surface area contributed by atoms with Crippen LogP contribution >= 0.6 is 0 Å². The lowest BCUT2D eigenvalue weighted by molar-refractivity contribution is 0.0779. The molecule has 1 aromatic heterocycles. The van der Waals surface area contributed by atoms with Gasteiger partial charge >= 0.3 is 0 Å². The standard InChI is InChI=1S/C19H23N3O4S/c20-18-8-5-14-11-22(12-17(14)18)19(23)13-3-6-16(7-4-13)27(24,25)21-10-15-2-1-9-26-15/h1-4,6-7,9,14,17-18,21H,5,8,10-12,20H2. The molecule has 0 bridgehead atoms. The van der Waals surface area contributed by atoms with Crippen LogP contribution in [0.15, 0.2) is 52.0 Å². The first kappa shape index (κ1) is 18.2. The zero-order valence-corrected chi connectivity index (χ0v) is 15.7. The lowest BCUT2D eigenvalue weighted by Gasteiger charge is -2.19. The molecule has 3 unspecified atom stereocenters. The highest BCUT2D eigenvalue weighted by Crippen LogP contribution is 2.37. The number of benzene rings is 1. The molecule has 0 radical (unpaired) electrons. The molecule has 1 aliphatic carbocycles. The Morgan fingerprint density at radius 3 is 2.63 bits per heavy atom. The number of hydrogen-bond acceptors (Lipinski definition) is 5. The van der Waals surface area contributed by atoms with Gasteiger partial charge in [0.15, 0.2) is 0 Å². The lowest BCUT2D eigenvalue weighted by atomic mass is 9.98. The molecule has 27 heavy (non-hydrogen) atoms. The third-order valence-electron chi connectivity index (χ3n) is 5.63. The number of likely N-dealkylation sites (tertiary alicyclic amines) is 1. The Hall–Kier alpha value is -2.16. The minimum atomic E-state index is -3.67. The number of carbonyl (C=O) groups excluding carboxylic acids is 1. The number of sulfonamides is 1. The summed E-state index contributed by atoms with van der Waals surface area (Å²) in [5.74, 6) is 1.35. The number of fused-ring (bicyclic) bond motifs is 1. The number of nitrogens with two attached hydrogens (primary N) is 1. The van der Waals surface area contributed by atoms with Crippen molar-refractivity contribution in [3.05, 3.63) is 54.0 Å². The number of furan rings is 1. The topological polar surface area (TPSA) is 106 Å². The zero-order valence-electron chi connectivity index (χ0n) is 14.9. The lowest BCUT2D eigenvalue weighted by Crippen LogP contribution is -2.33. The number of rotatable bonds is 5. The largest absolute Gasteiger partial charge is 0.468 e. The van der Waals surface area contributed by atoms with Crippen molar-refractivity contribution < 1.29 is 17.6 Å². The fourth-order valence-electron chi connectivity index (χ4n) is 4.10. The Balaban J connectivity index is 1.42. The third kappa shape index (κ3) is 3.65.